The number of benzene rings is 2. The van der Waals surface area contributed by atoms with E-state index in [1.807, 2.05) is 0 Å². The summed E-state index contributed by atoms with van der Waals surface area (Å²) in [6.07, 6.45) is -4.48. The lowest BCUT2D eigenvalue weighted by atomic mass is 10.1. The number of carboxylic acid groups (broad SMARTS) is 1. The molecule has 0 fully saturated rings. The third-order valence-electron chi connectivity index (χ3n) is 2.79. The molecule has 0 spiro atoms. The van der Waals surface area contributed by atoms with Crippen molar-refractivity contribution in [3.63, 3.8) is 0 Å². The number of anilines is 2. The van der Waals surface area contributed by atoms with E-state index in [1.165, 1.54) is 12.1 Å². The molecule has 0 aliphatic rings. The molecule has 0 radical (unpaired) electrons. The van der Waals surface area contributed by atoms with Crippen molar-refractivity contribution in [2.75, 3.05) is 5.32 Å². The van der Waals surface area contributed by atoms with Crippen molar-refractivity contribution in [2.24, 2.45) is 0 Å². The Labute approximate surface area is 119 Å². The highest BCUT2D eigenvalue weighted by molar-refractivity contribution is 5.70. The number of halogens is 3. The van der Waals surface area contributed by atoms with Gasteiger partial charge >= 0.3 is 12.1 Å². The van der Waals surface area contributed by atoms with E-state index < -0.39 is 17.7 Å². The maximum absolute atomic E-state index is 12.6. The first kappa shape index (κ1) is 14.9. The molecule has 2 aromatic rings. The lowest BCUT2D eigenvalue weighted by Crippen LogP contribution is -2.05. The molecule has 2 N–H and O–H groups in total. The van der Waals surface area contributed by atoms with Crippen molar-refractivity contribution in [3.05, 3.63) is 59.7 Å². The second-order valence-electron chi connectivity index (χ2n) is 4.47. The van der Waals surface area contributed by atoms with Crippen molar-refractivity contribution < 1.29 is 23.1 Å². The van der Waals surface area contributed by atoms with Gasteiger partial charge in [0.1, 0.15) is 0 Å². The van der Waals surface area contributed by atoms with Gasteiger partial charge in [-0.1, -0.05) is 18.2 Å². The summed E-state index contributed by atoms with van der Waals surface area (Å²) in [4.78, 5) is 10.6. The maximum Gasteiger partial charge on any atom is 0.416 e. The van der Waals surface area contributed by atoms with Gasteiger partial charge in [0.25, 0.3) is 0 Å². The van der Waals surface area contributed by atoms with E-state index in [2.05, 4.69) is 5.32 Å². The largest absolute Gasteiger partial charge is 0.481 e. The van der Waals surface area contributed by atoms with Gasteiger partial charge in [-0.05, 0) is 35.9 Å². The van der Waals surface area contributed by atoms with Crippen LogP contribution in [0.1, 0.15) is 11.1 Å². The monoisotopic (exact) mass is 295 g/mol. The zero-order valence-electron chi connectivity index (χ0n) is 10.8. The fraction of sp³-hybridized carbons (Fsp3) is 0.133. The molecular weight excluding hydrogens is 283 g/mol. The smallest absolute Gasteiger partial charge is 0.416 e. The van der Waals surface area contributed by atoms with E-state index in [4.69, 9.17) is 5.11 Å². The summed E-state index contributed by atoms with van der Waals surface area (Å²) in [6.45, 7) is 0. The zero-order chi connectivity index (χ0) is 15.5. The summed E-state index contributed by atoms with van der Waals surface area (Å²) in [5.74, 6) is -0.936. The van der Waals surface area contributed by atoms with Crippen LogP contribution in [0.5, 0.6) is 0 Å². The van der Waals surface area contributed by atoms with Crippen LogP contribution in [-0.4, -0.2) is 11.1 Å². The Morgan fingerprint density at radius 3 is 2.29 bits per heavy atom. The SMILES string of the molecule is O=C(O)Cc1ccc(Nc2cccc(C(F)(F)F)c2)cc1. The number of hydrogen-bond acceptors (Lipinski definition) is 2. The highest BCUT2D eigenvalue weighted by Gasteiger charge is 2.30. The average molecular weight is 295 g/mol. The van der Waals surface area contributed by atoms with Gasteiger partial charge in [-0.2, -0.15) is 13.2 Å². The molecular formula is C15H12F3NO2. The summed E-state index contributed by atoms with van der Waals surface area (Å²) in [5.41, 5.74) is 0.798. The normalized spacial score (nSPS) is 11.2. The van der Waals surface area contributed by atoms with E-state index in [0.717, 1.165) is 12.1 Å². The second-order valence-corrected chi connectivity index (χ2v) is 4.47. The Kier molecular flexibility index (Phi) is 4.16. The standard InChI is InChI=1S/C15H12F3NO2/c16-15(17,18)11-2-1-3-13(9-11)19-12-6-4-10(5-7-12)8-14(20)21/h1-7,9,19H,8H2,(H,20,21). The summed E-state index contributed by atoms with van der Waals surface area (Å²) in [7, 11) is 0. The van der Waals surface area contributed by atoms with Gasteiger partial charge < -0.3 is 10.4 Å². The summed E-state index contributed by atoms with van der Waals surface area (Å²) >= 11 is 0. The van der Waals surface area contributed by atoms with E-state index in [-0.39, 0.29) is 6.42 Å². The van der Waals surface area contributed by atoms with Crippen LogP contribution in [0.25, 0.3) is 0 Å². The van der Waals surface area contributed by atoms with Gasteiger partial charge in [-0.25, -0.2) is 0 Å². The number of aliphatic carboxylic acids is 1. The third kappa shape index (κ3) is 4.24. The Morgan fingerprint density at radius 1 is 1.05 bits per heavy atom. The molecule has 110 valence electrons. The number of carboxylic acids is 1. The fourth-order valence-electron chi connectivity index (χ4n) is 1.82. The molecule has 2 rings (SSSR count). The highest BCUT2D eigenvalue weighted by atomic mass is 19.4. The average Bonchev–Trinajstić information content (AvgIpc) is 2.40. The van der Waals surface area contributed by atoms with Crippen LogP contribution < -0.4 is 5.32 Å². The van der Waals surface area contributed by atoms with Crippen LogP contribution in [0.4, 0.5) is 24.5 Å². The van der Waals surface area contributed by atoms with Crippen LogP contribution in [0, 0.1) is 0 Å². The highest BCUT2D eigenvalue weighted by Crippen LogP contribution is 2.31. The van der Waals surface area contributed by atoms with Crippen molar-refractivity contribution >= 4 is 17.3 Å². The number of carbonyl (C=O) groups is 1. The molecule has 6 heteroatoms. The Hall–Kier alpha value is -2.50. The van der Waals surface area contributed by atoms with Crippen molar-refractivity contribution in [1.82, 2.24) is 0 Å². The predicted molar refractivity (Wildman–Crippen MR) is 72.5 cm³/mol. The molecule has 21 heavy (non-hydrogen) atoms. The van der Waals surface area contributed by atoms with Crippen molar-refractivity contribution in [2.45, 2.75) is 12.6 Å². The third-order valence-corrected chi connectivity index (χ3v) is 2.79. The summed E-state index contributed by atoms with van der Waals surface area (Å²) < 4.78 is 37.8. The zero-order valence-corrected chi connectivity index (χ0v) is 10.8. The van der Waals surface area contributed by atoms with Gasteiger partial charge in [0, 0.05) is 11.4 Å². The van der Waals surface area contributed by atoms with Crippen LogP contribution in [-0.2, 0) is 17.4 Å². The topological polar surface area (TPSA) is 49.3 Å². The molecule has 0 bridgehead atoms. The number of hydrogen-bond donors (Lipinski definition) is 2. The van der Waals surface area contributed by atoms with Crippen LogP contribution >= 0.6 is 0 Å². The molecule has 0 amide bonds. The summed E-state index contributed by atoms with van der Waals surface area (Å²) in [5, 5.41) is 11.5. The van der Waals surface area contributed by atoms with Crippen molar-refractivity contribution in [3.8, 4) is 0 Å². The first-order chi connectivity index (χ1) is 9.84. The molecule has 0 atom stereocenters. The van der Waals surface area contributed by atoms with Gasteiger partial charge in [-0.15, -0.1) is 0 Å². The molecule has 0 aliphatic carbocycles. The molecule has 0 unspecified atom stereocenters. The van der Waals surface area contributed by atoms with E-state index in [1.54, 1.807) is 24.3 Å². The Morgan fingerprint density at radius 2 is 1.71 bits per heavy atom. The van der Waals surface area contributed by atoms with Gasteiger partial charge in [0.15, 0.2) is 0 Å². The first-order valence-corrected chi connectivity index (χ1v) is 6.09. The first-order valence-electron chi connectivity index (χ1n) is 6.09. The molecule has 0 saturated carbocycles. The molecule has 0 heterocycles. The van der Waals surface area contributed by atoms with Gasteiger partial charge in [-0.3, -0.25) is 4.79 Å². The Balaban J connectivity index is 2.13. The molecule has 2 aromatic carbocycles. The minimum atomic E-state index is -4.39. The molecule has 0 aliphatic heterocycles. The van der Waals surface area contributed by atoms with Gasteiger partial charge in [0.05, 0.1) is 12.0 Å². The number of rotatable bonds is 4. The lowest BCUT2D eigenvalue weighted by molar-refractivity contribution is -0.138. The number of alkyl halides is 3. The van der Waals surface area contributed by atoms with Crippen molar-refractivity contribution in [1.29, 1.82) is 0 Å². The fourth-order valence-corrected chi connectivity index (χ4v) is 1.82. The minimum absolute atomic E-state index is 0.0934. The van der Waals surface area contributed by atoms with Crippen LogP contribution in [0.2, 0.25) is 0 Å². The molecule has 3 nitrogen and oxygen atoms in total. The van der Waals surface area contributed by atoms with E-state index >= 15 is 0 Å². The summed E-state index contributed by atoms with van der Waals surface area (Å²) in [6, 6.07) is 11.3. The molecule has 0 saturated heterocycles. The second kappa shape index (κ2) is 5.87. The van der Waals surface area contributed by atoms with Crippen LogP contribution in [0.3, 0.4) is 0 Å². The lowest BCUT2D eigenvalue weighted by Gasteiger charge is -2.11. The van der Waals surface area contributed by atoms with E-state index in [9.17, 15) is 18.0 Å². The Bertz CT molecular complexity index is 636. The van der Waals surface area contributed by atoms with Gasteiger partial charge in [0.2, 0.25) is 0 Å². The van der Waals surface area contributed by atoms with E-state index in [0.29, 0.717) is 16.9 Å². The number of nitrogens with one attached hydrogen (secondary N) is 1. The predicted octanol–water partition coefficient (Wildman–Crippen LogP) is 4.08. The minimum Gasteiger partial charge on any atom is -0.481 e. The maximum atomic E-state index is 12.6. The quantitative estimate of drug-likeness (QED) is 0.893. The van der Waals surface area contributed by atoms with Crippen LogP contribution in [0.15, 0.2) is 48.5 Å². The molecule has 0 aromatic heterocycles.